The molecule has 0 unspecified atom stereocenters. The molecule has 5 heteroatoms. The molecule has 16 heavy (non-hydrogen) atoms. The summed E-state index contributed by atoms with van der Waals surface area (Å²) in [5, 5.41) is 2.88. The lowest BCUT2D eigenvalue weighted by Gasteiger charge is -2.09. The fourth-order valence-corrected chi connectivity index (χ4v) is 1.28. The van der Waals surface area contributed by atoms with Crippen LogP contribution < -0.4 is 11.1 Å². The number of hydrogen-bond acceptors (Lipinski definition) is 4. The maximum Gasteiger partial charge on any atom is 0.146 e. The number of hydrogen-bond donors (Lipinski definition) is 2. The van der Waals surface area contributed by atoms with Crippen LogP contribution in [-0.2, 0) is 0 Å². The van der Waals surface area contributed by atoms with Crippen molar-refractivity contribution in [3.8, 4) is 0 Å². The van der Waals surface area contributed by atoms with E-state index in [0.717, 1.165) is 0 Å². The highest BCUT2D eigenvalue weighted by molar-refractivity contribution is 5.63. The first-order valence-electron chi connectivity index (χ1n) is 4.77. The van der Waals surface area contributed by atoms with Crippen molar-refractivity contribution in [2.24, 2.45) is 0 Å². The average molecular weight is 218 g/mol. The summed E-state index contributed by atoms with van der Waals surface area (Å²) in [6.07, 6.45) is 1.34. The van der Waals surface area contributed by atoms with Gasteiger partial charge in [0.15, 0.2) is 0 Å². The Morgan fingerprint density at radius 2 is 2.00 bits per heavy atom. The number of halogens is 1. The number of nitrogens with zero attached hydrogens (tertiary/aromatic N) is 2. The molecule has 0 fully saturated rings. The van der Waals surface area contributed by atoms with E-state index in [-0.39, 0.29) is 5.82 Å². The SMILES string of the molecule is Cc1c(N)ncnc1Nc1ccccc1F. The summed E-state index contributed by atoms with van der Waals surface area (Å²) in [5.41, 5.74) is 6.69. The normalized spacial score (nSPS) is 10.1. The molecular weight excluding hydrogens is 207 g/mol. The number of nitrogens with one attached hydrogen (secondary N) is 1. The molecular formula is C11H11FN4. The summed E-state index contributed by atoms with van der Waals surface area (Å²) < 4.78 is 13.4. The third-order valence-electron chi connectivity index (χ3n) is 2.25. The van der Waals surface area contributed by atoms with E-state index < -0.39 is 0 Å². The van der Waals surface area contributed by atoms with Gasteiger partial charge in [0.05, 0.1) is 5.69 Å². The molecule has 0 aliphatic rings. The third kappa shape index (κ3) is 1.93. The van der Waals surface area contributed by atoms with Crippen LogP contribution in [0, 0.1) is 12.7 Å². The molecule has 0 saturated carbocycles. The smallest absolute Gasteiger partial charge is 0.146 e. The molecule has 0 amide bonds. The number of nitrogens with two attached hydrogens (primary N) is 1. The lowest BCUT2D eigenvalue weighted by molar-refractivity contribution is 0.632. The highest BCUT2D eigenvalue weighted by atomic mass is 19.1. The van der Waals surface area contributed by atoms with E-state index in [0.29, 0.717) is 22.9 Å². The minimum absolute atomic E-state index is 0.334. The van der Waals surface area contributed by atoms with Crippen molar-refractivity contribution < 1.29 is 4.39 Å². The highest BCUT2D eigenvalue weighted by Gasteiger charge is 2.06. The van der Waals surface area contributed by atoms with Crippen LogP contribution in [0.5, 0.6) is 0 Å². The van der Waals surface area contributed by atoms with E-state index in [1.54, 1.807) is 25.1 Å². The monoisotopic (exact) mass is 218 g/mol. The van der Waals surface area contributed by atoms with E-state index in [4.69, 9.17) is 5.73 Å². The Morgan fingerprint density at radius 1 is 1.25 bits per heavy atom. The van der Waals surface area contributed by atoms with Gasteiger partial charge in [-0.1, -0.05) is 12.1 Å². The van der Waals surface area contributed by atoms with Crippen LogP contribution in [0.4, 0.5) is 21.7 Å². The molecule has 0 spiro atoms. The fourth-order valence-electron chi connectivity index (χ4n) is 1.28. The number of nitrogen functional groups attached to an aromatic ring is 1. The van der Waals surface area contributed by atoms with Crippen LogP contribution >= 0.6 is 0 Å². The Morgan fingerprint density at radius 3 is 2.75 bits per heavy atom. The maximum atomic E-state index is 13.4. The largest absolute Gasteiger partial charge is 0.383 e. The average Bonchev–Trinajstić information content (AvgIpc) is 2.28. The van der Waals surface area contributed by atoms with Crippen LogP contribution in [0.25, 0.3) is 0 Å². The Labute approximate surface area is 92.3 Å². The molecule has 0 bridgehead atoms. The minimum atomic E-state index is -0.334. The second-order valence-corrected chi connectivity index (χ2v) is 3.34. The Balaban J connectivity index is 2.35. The van der Waals surface area contributed by atoms with E-state index in [2.05, 4.69) is 15.3 Å². The molecule has 0 saturated heterocycles. The molecule has 0 atom stereocenters. The number of anilines is 3. The fraction of sp³-hybridized carbons (Fsp3) is 0.0909. The molecule has 0 aliphatic carbocycles. The number of para-hydroxylation sites is 1. The van der Waals surface area contributed by atoms with Gasteiger partial charge >= 0.3 is 0 Å². The topological polar surface area (TPSA) is 63.8 Å². The Hall–Kier alpha value is -2.17. The van der Waals surface area contributed by atoms with Gasteiger partial charge in [-0.05, 0) is 19.1 Å². The van der Waals surface area contributed by atoms with Crippen molar-refractivity contribution in [1.29, 1.82) is 0 Å². The molecule has 0 radical (unpaired) electrons. The van der Waals surface area contributed by atoms with Crippen molar-refractivity contribution >= 4 is 17.3 Å². The first-order chi connectivity index (χ1) is 7.68. The molecule has 2 rings (SSSR count). The van der Waals surface area contributed by atoms with Gasteiger partial charge in [-0.2, -0.15) is 0 Å². The Bertz CT molecular complexity index is 513. The molecule has 4 nitrogen and oxygen atoms in total. The van der Waals surface area contributed by atoms with Gasteiger partial charge in [0, 0.05) is 5.56 Å². The van der Waals surface area contributed by atoms with Crippen LogP contribution in [-0.4, -0.2) is 9.97 Å². The maximum absolute atomic E-state index is 13.4. The van der Waals surface area contributed by atoms with Gasteiger partial charge in [-0.3, -0.25) is 0 Å². The van der Waals surface area contributed by atoms with Crippen LogP contribution in [0.15, 0.2) is 30.6 Å². The summed E-state index contributed by atoms with van der Waals surface area (Å²) >= 11 is 0. The van der Waals surface area contributed by atoms with E-state index >= 15 is 0 Å². The quantitative estimate of drug-likeness (QED) is 0.811. The summed E-state index contributed by atoms with van der Waals surface area (Å²) in [4.78, 5) is 7.84. The zero-order valence-electron chi connectivity index (χ0n) is 8.74. The lowest BCUT2D eigenvalue weighted by atomic mass is 10.2. The number of benzene rings is 1. The summed E-state index contributed by atoms with van der Waals surface area (Å²) in [7, 11) is 0. The van der Waals surface area contributed by atoms with Crippen LogP contribution in [0.1, 0.15) is 5.56 Å². The van der Waals surface area contributed by atoms with Gasteiger partial charge < -0.3 is 11.1 Å². The highest BCUT2D eigenvalue weighted by Crippen LogP contribution is 2.22. The molecule has 1 aromatic heterocycles. The number of aromatic nitrogens is 2. The van der Waals surface area contributed by atoms with Gasteiger partial charge in [-0.25, -0.2) is 14.4 Å². The van der Waals surface area contributed by atoms with Crippen molar-refractivity contribution in [1.82, 2.24) is 9.97 Å². The zero-order chi connectivity index (χ0) is 11.5. The predicted octanol–water partition coefficient (Wildman–Crippen LogP) is 2.25. The Kier molecular flexibility index (Phi) is 2.68. The molecule has 1 heterocycles. The zero-order valence-corrected chi connectivity index (χ0v) is 8.74. The molecule has 82 valence electrons. The first-order valence-corrected chi connectivity index (χ1v) is 4.77. The lowest BCUT2D eigenvalue weighted by Crippen LogP contribution is -2.02. The molecule has 2 aromatic rings. The second kappa shape index (κ2) is 4.14. The first kappa shape index (κ1) is 10.4. The van der Waals surface area contributed by atoms with Gasteiger partial charge in [0.2, 0.25) is 0 Å². The van der Waals surface area contributed by atoms with Gasteiger partial charge in [0.1, 0.15) is 23.8 Å². The van der Waals surface area contributed by atoms with Gasteiger partial charge in [0.25, 0.3) is 0 Å². The molecule has 3 N–H and O–H groups in total. The van der Waals surface area contributed by atoms with Crippen LogP contribution in [0.3, 0.4) is 0 Å². The minimum Gasteiger partial charge on any atom is -0.383 e. The van der Waals surface area contributed by atoms with Crippen LogP contribution in [0.2, 0.25) is 0 Å². The third-order valence-corrected chi connectivity index (χ3v) is 2.25. The van der Waals surface area contributed by atoms with E-state index in [1.165, 1.54) is 12.4 Å². The van der Waals surface area contributed by atoms with Crippen molar-refractivity contribution in [2.45, 2.75) is 6.92 Å². The van der Waals surface area contributed by atoms with Gasteiger partial charge in [-0.15, -0.1) is 0 Å². The number of rotatable bonds is 2. The van der Waals surface area contributed by atoms with E-state index in [9.17, 15) is 4.39 Å². The summed E-state index contributed by atoms with van der Waals surface area (Å²) in [6, 6.07) is 6.38. The van der Waals surface area contributed by atoms with Crippen molar-refractivity contribution in [3.05, 3.63) is 42.0 Å². The standard InChI is InChI=1S/C11H11FN4/c1-7-10(13)14-6-15-11(7)16-9-5-3-2-4-8(9)12/h2-6H,1H3,(H3,13,14,15,16). The van der Waals surface area contributed by atoms with E-state index in [1.807, 2.05) is 0 Å². The second-order valence-electron chi connectivity index (χ2n) is 3.34. The summed E-state index contributed by atoms with van der Waals surface area (Å²) in [6.45, 7) is 1.78. The molecule has 1 aromatic carbocycles. The summed E-state index contributed by atoms with van der Waals surface area (Å²) in [5.74, 6) is 0.561. The molecule has 0 aliphatic heterocycles. The van der Waals surface area contributed by atoms with Crippen molar-refractivity contribution in [3.63, 3.8) is 0 Å². The predicted molar refractivity (Wildman–Crippen MR) is 60.9 cm³/mol. The van der Waals surface area contributed by atoms with Crippen molar-refractivity contribution in [2.75, 3.05) is 11.1 Å².